The third-order valence-electron chi connectivity index (χ3n) is 11.7. The van der Waals surface area contributed by atoms with Gasteiger partial charge in [0.1, 0.15) is 24.6 Å². The van der Waals surface area contributed by atoms with E-state index in [4.69, 9.17) is 19.4 Å². The van der Waals surface area contributed by atoms with Crippen molar-refractivity contribution in [2.45, 2.75) is 0 Å². The summed E-state index contributed by atoms with van der Waals surface area (Å²) in [6.07, 6.45) is 3.84. The molecule has 0 atom stereocenters. The van der Waals surface area contributed by atoms with E-state index in [-0.39, 0.29) is 0 Å². The molecule has 8 heteroatoms. The van der Waals surface area contributed by atoms with Crippen LogP contribution in [0.3, 0.4) is 0 Å². The Morgan fingerprint density at radius 1 is 0.367 bits per heavy atom. The van der Waals surface area contributed by atoms with Crippen LogP contribution >= 0.6 is 0 Å². The van der Waals surface area contributed by atoms with Gasteiger partial charge in [0.25, 0.3) is 0 Å². The molecule has 0 amide bonds. The molecule has 12 rings (SSSR count). The van der Waals surface area contributed by atoms with Crippen LogP contribution in [0.5, 0.6) is 0 Å². The monoisotopic (exact) mass is 776 g/mol. The molecule has 286 valence electrons. The highest BCUT2D eigenvalue weighted by Gasteiger charge is 2.19. The minimum absolute atomic E-state index is 0.607. The van der Waals surface area contributed by atoms with Gasteiger partial charge < -0.3 is 18.6 Å². The molecule has 4 aromatic heterocycles. The van der Waals surface area contributed by atoms with Crippen LogP contribution in [0.1, 0.15) is 11.4 Å². The predicted molar refractivity (Wildman–Crippen MR) is 242 cm³/mol. The SMILES string of the molecule is c1ccc(-n2c3ccc(-c4ccc(C5=NCCO5)nc4)cc3c3cc(-c4ccc5c(c4)c4cc(-c6ccc(C7=NCCO7)nc6)ccc4n5-c4ccccc4)ccc32)cc1. The van der Waals surface area contributed by atoms with Gasteiger partial charge in [0.05, 0.1) is 35.2 Å². The van der Waals surface area contributed by atoms with Gasteiger partial charge in [0.15, 0.2) is 0 Å². The number of aliphatic imine (C=N–C) groups is 2. The number of para-hydroxylation sites is 2. The van der Waals surface area contributed by atoms with Crippen LogP contribution in [0.2, 0.25) is 0 Å². The first kappa shape index (κ1) is 34.2. The second kappa shape index (κ2) is 13.9. The number of nitrogens with zero attached hydrogens (tertiary/aromatic N) is 6. The van der Waals surface area contributed by atoms with Gasteiger partial charge in [-0.1, -0.05) is 72.8 Å². The predicted octanol–water partition coefficient (Wildman–Crippen LogP) is 11.2. The lowest BCUT2D eigenvalue weighted by molar-refractivity contribution is 0.347. The van der Waals surface area contributed by atoms with Crippen LogP contribution in [0.15, 0.2) is 180 Å². The van der Waals surface area contributed by atoms with Crippen molar-refractivity contribution in [3.05, 3.63) is 182 Å². The molecule has 8 nitrogen and oxygen atoms in total. The Kier molecular flexibility index (Phi) is 7.94. The van der Waals surface area contributed by atoms with Crippen molar-refractivity contribution in [2.24, 2.45) is 9.98 Å². The zero-order valence-electron chi connectivity index (χ0n) is 32.5. The van der Waals surface area contributed by atoms with E-state index in [9.17, 15) is 0 Å². The maximum Gasteiger partial charge on any atom is 0.235 e. The van der Waals surface area contributed by atoms with E-state index in [0.29, 0.717) is 38.1 Å². The number of aromatic nitrogens is 4. The fourth-order valence-electron chi connectivity index (χ4n) is 8.84. The number of hydrogen-bond donors (Lipinski definition) is 0. The molecule has 2 aliphatic heterocycles. The largest absolute Gasteiger partial charge is 0.474 e. The summed E-state index contributed by atoms with van der Waals surface area (Å²) >= 11 is 0. The van der Waals surface area contributed by atoms with Crippen LogP contribution < -0.4 is 0 Å². The molecular formula is C52H36N6O2. The average molecular weight is 777 g/mol. The third kappa shape index (κ3) is 5.67. The number of pyridine rings is 2. The summed E-state index contributed by atoms with van der Waals surface area (Å²) < 4.78 is 16.1. The van der Waals surface area contributed by atoms with Gasteiger partial charge in [-0.2, -0.15) is 0 Å². The molecule has 0 aliphatic carbocycles. The summed E-state index contributed by atoms with van der Waals surface area (Å²) in [7, 11) is 0. The van der Waals surface area contributed by atoms with E-state index in [1.807, 2.05) is 24.5 Å². The summed E-state index contributed by atoms with van der Waals surface area (Å²) in [5, 5.41) is 4.73. The topological polar surface area (TPSA) is 78.8 Å². The quantitative estimate of drug-likeness (QED) is 0.161. The molecule has 0 unspecified atom stereocenters. The molecule has 10 aromatic rings. The summed E-state index contributed by atoms with van der Waals surface area (Å²) in [6.45, 7) is 2.57. The van der Waals surface area contributed by atoms with Crippen molar-refractivity contribution in [3.8, 4) is 44.8 Å². The van der Waals surface area contributed by atoms with E-state index < -0.39 is 0 Å². The van der Waals surface area contributed by atoms with Crippen LogP contribution in [-0.2, 0) is 9.47 Å². The number of hydrogen-bond acceptors (Lipinski definition) is 6. The van der Waals surface area contributed by atoms with Crippen molar-refractivity contribution in [1.29, 1.82) is 0 Å². The molecule has 0 bridgehead atoms. The second-order valence-electron chi connectivity index (χ2n) is 15.2. The van der Waals surface area contributed by atoms with Gasteiger partial charge in [-0.25, -0.2) is 9.98 Å². The molecule has 0 saturated carbocycles. The van der Waals surface area contributed by atoms with Gasteiger partial charge in [-0.15, -0.1) is 0 Å². The molecule has 0 saturated heterocycles. The minimum Gasteiger partial charge on any atom is -0.474 e. The third-order valence-corrected chi connectivity index (χ3v) is 11.7. The highest BCUT2D eigenvalue weighted by Crippen LogP contribution is 2.40. The van der Waals surface area contributed by atoms with E-state index in [2.05, 4.69) is 165 Å². The highest BCUT2D eigenvalue weighted by molar-refractivity contribution is 6.14. The minimum atomic E-state index is 0.607. The molecular weight excluding hydrogens is 741 g/mol. The Balaban J connectivity index is 1.01. The molecule has 60 heavy (non-hydrogen) atoms. The van der Waals surface area contributed by atoms with Crippen molar-refractivity contribution in [1.82, 2.24) is 19.1 Å². The molecule has 2 aliphatic rings. The highest BCUT2D eigenvalue weighted by atomic mass is 16.5. The van der Waals surface area contributed by atoms with Crippen LogP contribution in [0.4, 0.5) is 0 Å². The summed E-state index contributed by atoms with van der Waals surface area (Å²) in [4.78, 5) is 18.3. The number of benzene rings is 6. The fourth-order valence-corrected chi connectivity index (χ4v) is 8.84. The molecule has 0 radical (unpaired) electrons. The van der Waals surface area contributed by atoms with Crippen molar-refractivity contribution < 1.29 is 9.47 Å². The molecule has 0 spiro atoms. The standard InChI is InChI=1S/C52H36N6O2/c1-3-7-39(8-4-1)57-47-19-13-33(27-41(47)43-29-35(15-21-49(43)57)37-11-17-45(55-31-37)51-53-23-25-59-51)34-14-20-48-42(28-34)44-30-36(16-22-50(44)58(48)40-9-5-2-6-10-40)38-12-18-46(56-32-38)52-54-24-26-60-52/h1-22,27-32H,23-26H2. The van der Waals surface area contributed by atoms with E-state index in [1.165, 1.54) is 21.5 Å². The van der Waals surface area contributed by atoms with E-state index in [0.717, 1.165) is 78.2 Å². The van der Waals surface area contributed by atoms with Gasteiger partial charge in [0, 0.05) is 56.4 Å². The molecule has 0 N–H and O–H groups in total. The Morgan fingerprint density at radius 3 is 1.03 bits per heavy atom. The molecule has 6 heterocycles. The Hall–Kier alpha value is -7.84. The second-order valence-corrected chi connectivity index (χ2v) is 15.2. The molecule has 0 fully saturated rings. The maximum absolute atomic E-state index is 5.67. The Bertz CT molecular complexity index is 3120. The van der Waals surface area contributed by atoms with Gasteiger partial charge in [-0.05, 0) is 107 Å². The van der Waals surface area contributed by atoms with Gasteiger partial charge in [-0.3, -0.25) is 9.97 Å². The number of fused-ring (bicyclic) bond motifs is 6. The summed E-state index contributed by atoms with van der Waals surface area (Å²) in [6, 6.07) is 56.6. The lowest BCUT2D eigenvalue weighted by Gasteiger charge is -2.09. The summed E-state index contributed by atoms with van der Waals surface area (Å²) in [5.41, 5.74) is 15.0. The lowest BCUT2D eigenvalue weighted by Crippen LogP contribution is -2.03. The van der Waals surface area contributed by atoms with Crippen molar-refractivity contribution in [2.75, 3.05) is 26.3 Å². The first-order valence-electron chi connectivity index (χ1n) is 20.3. The van der Waals surface area contributed by atoms with E-state index in [1.54, 1.807) is 0 Å². The van der Waals surface area contributed by atoms with Crippen molar-refractivity contribution >= 4 is 55.4 Å². The lowest BCUT2D eigenvalue weighted by atomic mass is 9.99. The van der Waals surface area contributed by atoms with Crippen molar-refractivity contribution in [3.63, 3.8) is 0 Å². The molecule has 6 aromatic carbocycles. The Labute approximate surface area is 345 Å². The smallest absolute Gasteiger partial charge is 0.235 e. The number of rotatable bonds is 7. The van der Waals surface area contributed by atoms with E-state index >= 15 is 0 Å². The average Bonchev–Trinajstić information content (AvgIpc) is 4.16. The van der Waals surface area contributed by atoms with Crippen LogP contribution in [-0.4, -0.2) is 57.2 Å². The van der Waals surface area contributed by atoms with Crippen LogP contribution in [0.25, 0.3) is 88.4 Å². The van der Waals surface area contributed by atoms with Gasteiger partial charge >= 0.3 is 0 Å². The zero-order chi connectivity index (χ0) is 39.6. The Morgan fingerprint density at radius 2 is 0.717 bits per heavy atom. The summed E-state index contributed by atoms with van der Waals surface area (Å²) in [5.74, 6) is 1.24. The maximum atomic E-state index is 5.67. The van der Waals surface area contributed by atoms with Crippen LogP contribution in [0, 0.1) is 0 Å². The van der Waals surface area contributed by atoms with Gasteiger partial charge in [0.2, 0.25) is 11.8 Å². The zero-order valence-corrected chi connectivity index (χ0v) is 32.5. The fraction of sp³-hybridized carbons (Fsp3) is 0.0769. The first-order valence-corrected chi connectivity index (χ1v) is 20.3. The first-order chi connectivity index (χ1) is 29.7. The number of ether oxygens (including phenoxy) is 2. The normalized spacial score (nSPS) is 13.9.